The van der Waals surface area contributed by atoms with Crippen LogP contribution in [-0.2, 0) is 4.74 Å². The highest BCUT2D eigenvalue weighted by atomic mass is 16.5. The minimum absolute atomic E-state index is 0.245. The minimum atomic E-state index is -0.468. The van der Waals surface area contributed by atoms with E-state index in [9.17, 15) is 4.79 Å². The monoisotopic (exact) mass is 283 g/mol. The summed E-state index contributed by atoms with van der Waals surface area (Å²) in [5.74, 6) is -0.223. The lowest BCUT2D eigenvalue weighted by molar-refractivity contribution is 0.0596. The molecule has 0 unspecified atom stereocenters. The van der Waals surface area contributed by atoms with Gasteiger partial charge in [0.25, 0.3) is 0 Å². The van der Waals surface area contributed by atoms with Crippen molar-refractivity contribution >= 4 is 12.0 Å². The van der Waals surface area contributed by atoms with Crippen LogP contribution in [0, 0.1) is 0 Å². The Hall–Kier alpha value is -1.84. The molecule has 1 aromatic rings. The van der Waals surface area contributed by atoms with Crippen LogP contribution in [0.15, 0.2) is 18.7 Å². The summed E-state index contributed by atoms with van der Waals surface area (Å²) < 4.78 is 9.52. The predicted octanol–water partition coefficient (Wildman–Crippen LogP) is 4.60. The number of ether oxygens (including phenoxy) is 2. The highest BCUT2D eigenvalue weighted by Crippen LogP contribution is 2.17. The number of hydrogen-bond donors (Lipinski definition) is 0. The highest BCUT2D eigenvalue weighted by Gasteiger charge is 2.13. The highest BCUT2D eigenvalue weighted by molar-refractivity contribution is 5.91. The van der Waals surface area contributed by atoms with Crippen LogP contribution in [-0.4, -0.2) is 25.2 Å². The molecular formula is C16H29NO3. The van der Waals surface area contributed by atoms with E-state index in [2.05, 4.69) is 16.3 Å². The van der Waals surface area contributed by atoms with Gasteiger partial charge in [-0.15, -0.1) is 0 Å². The molecule has 0 saturated heterocycles. The number of carbonyl (C=O) groups is 1. The molecule has 0 fully saturated rings. The van der Waals surface area contributed by atoms with Crippen molar-refractivity contribution < 1.29 is 14.3 Å². The SMILES string of the molecule is C=Cc1ccc(C(=O)OC)c(OC)n1.CC.CC.CC. The van der Waals surface area contributed by atoms with E-state index >= 15 is 0 Å². The molecule has 4 heteroatoms. The van der Waals surface area contributed by atoms with Gasteiger partial charge < -0.3 is 9.47 Å². The second-order valence-corrected chi connectivity index (χ2v) is 2.49. The van der Waals surface area contributed by atoms with Crippen molar-refractivity contribution in [3.8, 4) is 5.88 Å². The molecule has 0 aliphatic carbocycles. The Kier molecular flexibility index (Phi) is 20.0. The van der Waals surface area contributed by atoms with Gasteiger partial charge in [-0.2, -0.15) is 0 Å². The maximum atomic E-state index is 11.2. The molecule has 1 heterocycles. The van der Waals surface area contributed by atoms with Crippen LogP contribution in [0.5, 0.6) is 5.88 Å². The Bertz CT molecular complexity index is 363. The molecule has 0 N–H and O–H groups in total. The predicted molar refractivity (Wildman–Crippen MR) is 86.3 cm³/mol. The third kappa shape index (κ3) is 8.29. The summed E-state index contributed by atoms with van der Waals surface area (Å²) in [6.07, 6.45) is 1.57. The van der Waals surface area contributed by atoms with E-state index in [1.807, 2.05) is 41.5 Å². The molecule has 0 aliphatic heterocycles. The lowest BCUT2D eigenvalue weighted by Crippen LogP contribution is -2.05. The van der Waals surface area contributed by atoms with Crippen molar-refractivity contribution in [2.24, 2.45) is 0 Å². The number of hydrogen-bond acceptors (Lipinski definition) is 4. The Morgan fingerprint density at radius 3 is 1.95 bits per heavy atom. The molecule has 0 atom stereocenters. The number of nitrogens with zero attached hydrogens (tertiary/aromatic N) is 1. The number of rotatable bonds is 3. The number of pyridine rings is 1. The van der Waals surface area contributed by atoms with Gasteiger partial charge in [0.1, 0.15) is 5.56 Å². The van der Waals surface area contributed by atoms with Crippen molar-refractivity contribution in [1.29, 1.82) is 0 Å². The fourth-order valence-corrected chi connectivity index (χ4v) is 0.989. The van der Waals surface area contributed by atoms with Crippen LogP contribution < -0.4 is 4.74 Å². The Morgan fingerprint density at radius 2 is 1.60 bits per heavy atom. The summed E-state index contributed by atoms with van der Waals surface area (Å²) in [7, 11) is 2.75. The van der Waals surface area contributed by atoms with Gasteiger partial charge in [0.05, 0.1) is 19.9 Å². The first-order chi connectivity index (χ1) is 9.72. The van der Waals surface area contributed by atoms with Crippen molar-refractivity contribution in [3.63, 3.8) is 0 Å². The average molecular weight is 283 g/mol. The summed E-state index contributed by atoms with van der Waals surface area (Å²) in [6, 6.07) is 3.26. The molecule has 116 valence electrons. The van der Waals surface area contributed by atoms with Crippen LogP contribution in [0.2, 0.25) is 0 Å². The summed E-state index contributed by atoms with van der Waals surface area (Å²) in [5.41, 5.74) is 0.954. The van der Waals surface area contributed by atoms with E-state index in [4.69, 9.17) is 4.74 Å². The maximum absolute atomic E-state index is 11.2. The number of aromatic nitrogens is 1. The van der Waals surface area contributed by atoms with Crippen LogP contribution in [0.1, 0.15) is 57.6 Å². The minimum Gasteiger partial charge on any atom is -0.480 e. The van der Waals surface area contributed by atoms with Crippen LogP contribution >= 0.6 is 0 Å². The molecule has 1 aromatic heterocycles. The van der Waals surface area contributed by atoms with E-state index in [-0.39, 0.29) is 5.88 Å². The van der Waals surface area contributed by atoms with Gasteiger partial charge in [-0.1, -0.05) is 48.1 Å². The Morgan fingerprint density at radius 1 is 1.10 bits per heavy atom. The van der Waals surface area contributed by atoms with E-state index in [1.54, 1.807) is 18.2 Å². The molecule has 0 amide bonds. The zero-order chi connectivity index (χ0) is 16.6. The second-order valence-electron chi connectivity index (χ2n) is 2.49. The van der Waals surface area contributed by atoms with Crippen molar-refractivity contribution in [2.75, 3.05) is 14.2 Å². The molecule has 20 heavy (non-hydrogen) atoms. The third-order valence-corrected chi connectivity index (χ3v) is 1.69. The largest absolute Gasteiger partial charge is 0.480 e. The number of methoxy groups -OCH3 is 2. The second kappa shape index (κ2) is 17.2. The third-order valence-electron chi connectivity index (χ3n) is 1.69. The van der Waals surface area contributed by atoms with Gasteiger partial charge in [0.2, 0.25) is 5.88 Å². The fraction of sp³-hybridized carbons (Fsp3) is 0.500. The summed E-state index contributed by atoms with van der Waals surface area (Å²) in [6.45, 7) is 15.6. The molecule has 0 radical (unpaired) electrons. The van der Waals surface area contributed by atoms with E-state index in [1.165, 1.54) is 14.2 Å². The Balaban J connectivity index is -0.000000425. The van der Waals surface area contributed by atoms with Crippen molar-refractivity contribution in [1.82, 2.24) is 4.98 Å². The molecule has 0 aliphatic rings. The fourth-order valence-electron chi connectivity index (χ4n) is 0.989. The van der Waals surface area contributed by atoms with Gasteiger partial charge in [0, 0.05) is 0 Å². The molecule has 0 saturated carbocycles. The lowest BCUT2D eigenvalue weighted by atomic mass is 10.2. The summed E-state index contributed by atoms with van der Waals surface area (Å²) in [4.78, 5) is 15.3. The quantitative estimate of drug-likeness (QED) is 0.761. The first-order valence-corrected chi connectivity index (χ1v) is 6.98. The van der Waals surface area contributed by atoms with Crippen LogP contribution in [0.4, 0.5) is 0 Å². The molecule has 0 aromatic carbocycles. The molecule has 0 bridgehead atoms. The average Bonchev–Trinajstić information content (AvgIpc) is 2.58. The number of carbonyl (C=O) groups excluding carboxylic acids is 1. The summed E-state index contributed by atoms with van der Waals surface area (Å²) in [5, 5.41) is 0. The van der Waals surface area contributed by atoms with Crippen molar-refractivity contribution in [2.45, 2.75) is 41.5 Å². The van der Waals surface area contributed by atoms with Gasteiger partial charge in [0.15, 0.2) is 0 Å². The van der Waals surface area contributed by atoms with E-state index in [0.29, 0.717) is 11.3 Å². The normalized spacial score (nSPS) is 7.40. The van der Waals surface area contributed by atoms with E-state index < -0.39 is 5.97 Å². The summed E-state index contributed by atoms with van der Waals surface area (Å²) >= 11 is 0. The topological polar surface area (TPSA) is 48.4 Å². The molecular weight excluding hydrogens is 254 g/mol. The molecule has 0 spiro atoms. The maximum Gasteiger partial charge on any atom is 0.343 e. The van der Waals surface area contributed by atoms with Crippen LogP contribution in [0.25, 0.3) is 6.08 Å². The Labute approximate surface area is 123 Å². The zero-order valence-corrected chi connectivity index (χ0v) is 14.1. The van der Waals surface area contributed by atoms with Crippen LogP contribution in [0.3, 0.4) is 0 Å². The van der Waals surface area contributed by atoms with Gasteiger partial charge in [-0.3, -0.25) is 0 Å². The standard InChI is InChI=1S/C10H11NO3.3C2H6/c1-4-7-5-6-8(10(12)14-3)9(11-7)13-2;3*1-2/h4-6H,1H2,2-3H3;3*1-2H3. The van der Waals surface area contributed by atoms with Crippen molar-refractivity contribution in [3.05, 3.63) is 30.0 Å². The smallest absolute Gasteiger partial charge is 0.343 e. The first-order valence-electron chi connectivity index (χ1n) is 6.98. The van der Waals surface area contributed by atoms with Gasteiger partial charge in [-0.05, 0) is 18.2 Å². The van der Waals surface area contributed by atoms with Gasteiger partial charge >= 0.3 is 5.97 Å². The zero-order valence-electron chi connectivity index (χ0n) is 14.1. The molecule has 4 nitrogen and oxygen atoms in total. The lowest BCUT2D eigenvalue weighted by Gasteiger charge is -2.05. The molecule has 1 rings (SSSR count). The van der Waals surface area contributed by atoms with Gasteiger partial charge in [-0.25, -0.2) is 9.78 Å². The van der Waals surface area contributed by atoms with E-state index in [0.717, 1.165) is 0 Å². The first kappa shape index (κ1) is 23.3. The number of esters is 1.